The monoisotopic (exact) mass is 453 g/mol. The summed E-state index contributed by atoms with van der Waals surface area (Å²) in [6.45, 7) is 2.96. The number of nitro groups is 1. The summed E-state index contributed by atoms with van der Waals surface area (Å²) in [7, 11) is -4.31. The minimum Gasteiger partial charge on any atom is -0.336 e. The molecule has 0 saturated carbocycles. The van der Waals surface area contributed by atoms with E-state index in [0.717, 1.165) is 25.1 Å². The Labute approximate surface area is 184 Å². The third kappa shape index (κ3) is 4.28. The topological polar surface area (TPSA) is 135 Å². The second-order valence-corrected chi connectivity index (χ2v) is 8.98. The molecule has 0 bridgehead atoms. The first-order valence-corrected chi connectivity index (χ1v) is 11.2. The molecular formula is C21H19N5O5S. The maximum atomic E-state index is 12.6. The number of hydrogen-bond donors (Lipinski definition) is 1. The number of nitro benzene ring substituents is 1. The van der Waals surface area contributed by atoms with Crippen molar-refractivity contribution >= 4 is 27.6 Å². The molecule has 4 rings (SSSR count). The predicted molar refractivity (Wildman–Crippen MR) is 116 cm³/mol. The first-order chi connectivity index (χ1) is 15.2. The summed E-state index contributed by atoms with van der Waals surface area (Å²) in [4.78, 5) is 33.1. The summed E-state index contributed by atoms with van der Waals surface area (Å²) < 4.78 is 27.0. The predicted octanol–water partition coefficient (Wildman–Crippen LogP) is 2.37. The Balaban J connectivity index is 1.53. The number of sulfonamides is 1. The fourth-order valence-corrected chi connectivity index (χ4v) is 4.50. The minimum atomic E-state index is -4.31. The second kappa shape index (κ2) is 8.35. The van der Waals surface area contributed by atoms with Gasteiger partial charge in [0.1, 0.15) is 0 Å². The van der Waals surface area contributed by atoms with Gasteiger partial charge in [0.25, 0.3) is 21.6 Å². The molecule has 1 aliphatic heterocycles. The lowest BCUT2D eigenvalue weighted by Crippen LogP contribution is -2.33. The van der Waals surface area contributed by atoms with E-state index in [1.165, 1.54) is 29.5 Å². The lowest BCUT2D eigenvalue weighted by Gasteiger charge is -2.29. The highest BCUT2D eigenvalue weighted by Crippen LogP contribution is 2.23. The summed E-state index contributed by atoms with van der Waals surface area (Å²) in [5.41, 5.74) is 2.39. The van der Waals surface area contributed by atoms with Crippen LogP contribution < -0.4 is 9.62 Å². The van der Waals surface area contributed by atoms with E-state index in [1.54, 1.807) is 6.92 Å². The zero-order chi connectivity index (χ0) is 22.9. The molecule has 0 radical (unpaired) electrons. The summed E-state index contributed by atoms with van der Waals surface area (Å²) in [5, 5.41) is 10.9. The van der Waals surface area contributed by atoms with Crippen LogP contribution in [0.1, 0.15) is 27.2 Å². The SMILES string of the molecule is Cc1nc(N2CCc3ccccc3C2)ncc1C(=O)NS(=O)(=O)c1cccc([N+](=O)[O-])c1. The number of non-ortho nitro benzene ring substituents is 1. The molecule has 2 heterocycles. The van der Waals surface area contributed by atoms with Crippen LogP contribution in [0.2, 0.25) is 0 Å². The molecule has 1 aromatic heterocycles. The smallest absolute Gasteiger partial charge is 0.270 e. The molecule has 0 aliphatic carbocycles. The summed E-state index contributed by atoms with van der Waals surface area (Å²) >= 11 is 0. The van der Waals surface area contributed by atoms with E-state index in [0.29, 0.717) is 18.2 Å². The largest absolute Gasteiger partial charge is 0.336 e. The van der Waals surface area contributed by atoms with Crippen LogP contribution in [0.25, 0.3) is 0 Å². The number of amides is 1. The van der Waals surface area contributed by atoms with Crippen molar-refractivity contribution < 1.29 is 18.1 Å². The molecule has 0 unspecified atom stereocenters. The third-order valence-electron chi connectivity index (χ3n) is 5.19. The van der Waals surface area contributed by atoms with Crippen LogP contribution in [0.5, 0.6) is 0 Å². The van der Waals surface area contributed by atoms with Gasteiger partial charge in [-0.3, -0.25) is 14.9 Å². The minimum absolute atomic E-state index is 0.000153. The zero-order valence-corrected chi connectivity index (χ0v) is 17.9. The van der Waals surface area contributed by atoms with Gasteiger partial charge in [0.05, 0.1) is 21.1 Å². The van der Waals surface area contributed by atoms with Crippen LogP contribution in [-0.4, -0.2) is 35.8 Å². The first-order valence-electron chi connectivity index (χ1n) is 9.71. The fraction of sp³-hybridized carbons (Fsp3) is 0.190. The number of hydrogen-bond acceptors (Lipinski definition) is 8. The van der Waals surface area contributed by atoms with Crippen LogP contribution in [0, 0.1) is 17.0 Å². The van der Waals surface area contributed by atoms with Gasteiger partial charge in [-0.2, -0.15) is 0 Å². The van der Waals surface area contributed by atoms with Gasteiger partial charge in [-0.1, -0.05) is 30.3 Å². The van der Waals surface area contributed by atoms with E-state index in [1.807, 2.05) is 21.8 Å². The molecule has 11 heteroatoms. The lowest BCUT2D eigenvalue weighted by molar-refractivity contribution is -0.385. The van der Waals surface area contributed by atoms with Crippen LogP contribution >= 0.6 is 0 Å². The van der Waals surface area contributed by atoms with Crippen molar-refractivity contribution in [1.29, 1.82) is 0 Å². The maximum Gasteiger partial charge on any atom is 0.270 e. The van der Waals surface area contributed by atoms with E-state index < -0.39 is 26.5 Å². The number of nitrogens with zero attached hydrogens (tertiary/aromatic N) is 4. The number of aromatic nitrogens is 2. The number of aryl methyl sites for hydroxylation is 1. The number of carbonyl (C=O) groups excluding carboxylic acids is 1. The van der Waals surface area contributed by atoms with E-state index in [4.69, 9.17) is 0 Å². The number of anilines is 1. The zero-order valence-electron chi connectivity index (χ0n) is 17.1. The molecule has 1 amide bonds. The van der Waals surface area contributed by atoms with Crippen molar-refractivity contribution in [3.63, 3.8) is 0 Å². The fourth-order valence-electron chi connectivity index (χ4n) is 3.50. The number of rotatable bonds is 5. The average Bonchev–Trinajstić information content (AvgIpc) is 2.78. The Morgan fingerprint density at radius 2 is 1.91 bits per heavy atom. The molecule has 0 atom stereocenters. The highest BCUT2D eigenvalue weighted by molar-refractivity contribution is 7.90. The molecule has 0 saturated heterocycles. The normalized spacial score (nSPS) is 13.3. The van der Waals surface area contributed by atoms with Gasteiger partial charge in [-0.25, -0.2) is 23.1 Å². The van der Waals surface area contributed by atoms with Gasteiger partial charge in [-0.15, -0.1) is 0 Å². The molecular weight excluding hydrogens is 434 g/mol. The third-order valence-corrected chi connectivity index (χ3v) is 6.52. The average molecular weight is 453 g/mol. The van der Waals surface area contributed by atoms with E-state index in [9.17, 15) is 23.3 Å². The Hall–Kier alpha value is -3.86. The van der Waals surface area contributed by atoms with Crippen molar-refractivity contribution in [1.82, 2.24) is 14.7 Å². The van der Waals surface area contributed by atoms with Gasteiger partial charge < -0.3 is 4.90 Å². The molecule has 2 aromatic carbocycles. The molecule has 1 aliphatic rings. The van der Waals surface area contributed by atoms with Crippen LogP contribution in [0.3, 0.4) is 0 Å². The molecule has 10 nitrogen and oxygen atoms in total. The Morgan fingerprint density at radius 3 is 2.62 bits per heavy atom. The second-order valence-electron chi connectivity index (χ2n) is 7.30. The number of fused-ring (bicyclic) bond motifs is 1. The standard InChI is InChI=1S/C21H19N5O5S/c1-14-19(20(27)24-32(30,31)18-8-4-7-17(11-18)26(28)29)12-22-21(23-14)25-10-9-15-5-2-3-6-16(15)13-25/h2-8,11-12H,9-10,13H2,1H3,(H,24,27). The van der Waals surface area contributed by atoms with Gasteiger partial charge in [0.15, 0.2) is 0 Å². The first kappa shape index (κ1) is 21.4. The van der Waals surface area contributed by atoms with E-state index >= 15 is 0 Å². The van der Waals surface area contributed by atoms with Gasteiger partial charge >= 0.3 is 0 Å². The van der Waals surface area contributed by atoms with Crippen LogP contribution in [0.4, 0.5) is 11.6 Å². The Kier molecular flexibility index (Phi) is 5.57. The van der Waals surface area contributed by atoms with E-state index in [-0.39, 0.29) is 10.5 Å². The highest BCUT2D eigenvalue weighted by Gasteiger charge is 2.24. The van der Waals surface area contributed by atoms with Gasteiger partial charge in [0.2, 0.25) is 5.95 Å². The molecule has 1 N–H and O–H groups in total. The number of nitrogens with one attached hydrogen (secondary N) is 1. The van der Waals surface area contributed by atoms with Gasteiger partial charge in [-0.05, 0) is 30.5 Å². The molecule has 3 aromatic rings. The van der Waals surface area contributed by atoms with Crippen molar-refractivity contribution in [2.75, 3.05) is 11.4 Å². The van der Waals surface area contributed by atoms with Crippen LogP contribution in [-0.2, 0) is 23.0 Å². The molecule has 0 spiro atoms. The summed E-state index contributed by atoms with van der Waals surface area (Å²) in [6.07, 6.45) is 2.14. The summed E-state index contributed by atoms with van der Waals surface area (Å²) in [5.74, 6) is -0.459. The quantitative estimate of drug-likeness (QED) is 0.459. The van der Waals surface area contributed by atoms with E-state index in [2.05, 4.69) is 22.1 Å². The van der Waals surface area contributed by atoms with Crippen molar-refractivity contribution in [3.8, 4) is 0 Å². The lowest BCUT2D eigenvalue weighted by atomic mass is 10.0. The van der Waals surface area contributed by atoms with Crippen LogP contribution in [0.15, 0.2) is 59.6 Å². The van der Waals surface area contributed by atoms with Crippen molar-refractivity contribution in [2.24, 2.45) is 0 Å². The van der Waals surface area contributed by atoms with Crippen molar-refractivity contribution in [3.05, 3.63) is 87.2 Å². The van der Waals surface area contributed by atoms with Crippen molar-refractivity contribution in [2.45, 2.75) is 24.8 Å². The Bertz CT molecular complexity index is 1330. The maximum absolute atomic E-state index is 12.6. The molecule has 0 fully saturated rings. The highest BCUT2D eigenvalue weighted by atomic mass is 32.2. The number of carbonyl (C=O) groups is 1. The summed E-state index contributed by atoms with van der Waals surface area (Å²) in [6, 6.07) is 12.6. The molecule has 164 valence electrons. The molecule has 32 heavy (non-hydrogen) atoms. The Morgan fingerprint density at radius 1 is 1.16 bits per heavy atom. The number of benzene rings is 2. The van der Waals surface area contributed by atoms with Gasteiger partial charge in [0, 0.05) is 31.4 Å².